The van der Waals surface area contributed by atoms with E-state index in [4.69, 9.17) is 25.8 Å². The maximum absolute atomic E-state index is 13.3. The largest absolute Gasteiger partial charge is 0.454 e. The fraction of sp³-hybridized carbons (Fsp3) is 0.310. The molecule has 5 heterocycles. The summed E-state index contributed by atoms with van der Waals surface area (Å²) in [5.41, 5.74) is 6.19. The van der Waals surface area contributed by atoms with Gasteiger partial charge in [0.15, 0.2) is 17.1 Å². The Morgan fingerprint density at radius 3 is 2.47 bits per heavy atom. The number of rotatable bonds is 0. The summed E-state index contributed by atoms with van der Waals surface area (Å²) in [6, 6.07) is 11.7. The summed E-state index contributed by atoms with van der Waals surface area (Å²) in [4.78, 5) is 27.9. The van der Waals surface area contributed by atoms with Gasteiger partial charge in [-0.3, -0.25) is 4.79 Å². The van der Waals surface area contributed by atoms with Crippen LogP contribution in [0.15, 0.2) is 36.4 Å². The van der Waals surface area contributed by atoms with Gasteiger partial charge in [-0.25, -0.2) is 4.79 Å². The second kappa shape index (κ2) is 7.04. The molecular weight excluding hydrogens is 478 g/mol. The molecule has 8 rings (SSSR count). The van der Waals surface area contributed by atoms with E-state index in [9.17, 15) is 9.59 Å². The molecule has 1 unspecified atom stereocenters. The average molecular weight is 500 g/mol. The number of anilines is 1. The SMILES string of the molecule is O=C1CCc2cc3c(c(Cl)c2O1)Oc1c(cc2c4c1CCCN4CCC2)C31OC(=O)c2ccccc21. The van der Waals surface area contributed by atoms with Crippen LogP contribution in [0, 0.1) is 0 Å². The van der Waals surface area contributed by atoms with Crippen LogP contribution in [0.25, 0.3) is 0 Å². The predicted octanol–water partition coefficient (Wildman–Crippen LogP) is 5.46. The van der Waals surface area contributed by atoms with E-state index < -0.39 is 5.60 Å². The molecule has 3 aromatic carbocycles. The summed E-state index contributed by atoms with van der Waals surface area (Å²) in [5, 5.41) is 0.249. The van der Waals surface area contributed by atoms with Crippen molar-refractivity contribution in [3.8, 4) is 17.2 Å². The Bertz CT molecular complexity index is 1540. The van der Waals surface area contributed by atoms with Crippen molar-refractivity contribution in [1.82, 2.24) is 0 Å². The number of hydrogen-bond donors (Lipinski definition) is 0. The van der Waals surface area contributed by atoms with E-state index in [0.29, 0.717) is 34.8 Å². The highest BCUT2D eigenvalue weighted by atomic mass is 35.5. The molecule has 36 heavy (non-hydrogen) atoms. The molecule has 7 heteroatoms. The van der Waals surface area contributed by atoms with Crippen LogP contribution in [0.5, 0.6) is 17.2 Å². The Kier molecular flexibility index (Phi) is 4.04. The highest BCUT2D eigenvalue weighted by molar-refractivity contribution is 6.34. The Hall–Kier alpha value is -3.51. The molecule has 6 nitrogen and oxygen atoms in total. The maximum Gasteiger partial charge on any atom is 0.340 e. The fourth-order valence-corrected chi connectivity index (χ4v) is 7.10. The van der Waals surface area contributed by atoms with Gasteiger partial charge in [-0.05, 0) is 61.4 Å². The van der Waals surface area contributed by atoms with Gasteiger partial charge in [-0.1, -0.05) is 29.8 Å². The van der Waals surface area contributed by atoms with Gasteiger partial charge < -0.3 is 19.1 Å². The Balaban J connectivity index is 1.49. The van der Waals surface area contributed by atoms with Gasteiger partial charge in [0.05, 0.1) is 12.0 Å². The Morgan fingerprint density at radius 2 is 1.58 bits per heavy atom. The molecular formula is C29H22ClNO5. The molecule has 0 amide bonds. The van der Waals surface area contributed by atoms with Crippen LogP contribution in [-0.2, 0) is 34.4 Å². The van der Waals surface area contributed by atoms with Crippen molar-refractivity contribution in [3.05, 3.63) is 80.4 Å². The minimum Gasteiger partial charge on any atom is -0.454 e. The molecule has 5 aliphatic rings. The number of ether oxygens (including phenoxy) is 3. The van der Waals surface area contributed by atoms with Crippen LogP contribution < -0.4 is 14.4 Å². The molecule has 1 atom stereocenters. The Labute approximate surface area is 212 Å². The third-order valence-electron chi connectivity index (χ3n) is 8.28. The quantitative estimate of drug-likeness (QED) is 0.302. The number of benzene rings is 3. The van der Waals surface area contributed by atoms with Crippen LogP contribution in [0.2, 0.25) is 5.02 Å². The van der Waals surface area contributed by atoms with E-state index in [1.807, 2.05) is 30.3 Å². The van der Waals surface area contributed by atoms with E-state index in [0.717, 1.165) is 61.0 Å². The van der Waals surface area contributed by atoms with Crippen LogP contribution in [0.1, 0.15) is 63.0 Å². The van der Waals surface area contributed by atoms with Gasteiger partial charge in [0.1, 0.15) is 10.8 Å². The molecule has 0 aromatic heterocycles. The predicted molar refractivity (Wildman–Crippen MR) is 133 cm³/mol. The summed E-state index contributed by atoms with van der Waals surface area (Å²) in [5.74, 6) is 0.772. The number of fused-ring (bicyclic) bond motifs is 8. The first-order chi connectivity index (χ1) is 17.6. The van der Waals surface area contributed by atoms with Gasteiger partial charge >= 0.3 is 11.9 Å². The Morgan fingerprint density at radius 1 is 0.806 bits per heavy atom. The molecule has 0 saturated heterocycles. The van der Waals surface area contributed by atoms with Crippen LogP contribution in [-0.4, -0.2) is 25.0 Å². The van der Waals surface area contributed by atoms with E-state index >= 15 is 0 Å². The maximum atomic E-state index is 13.3. The van der Waals surface area contributed by atoms with E-state index in [2.05, 4.69) is 11.0 Å². The molecule has 180 valence electrons. The zero-order valence-corrected chi connectivity index (χ0v) is 20.2. The summed E-state index contributed by atoms with van der Waals surface area (Å²) in [6.45, 7) is 2.06. The van der Waals surface area contributed by atoms with Gasteiger partial charge in [-0.2, -0.15) is 0 Å². The van der Waals surface area contributed by atoms with Crippen molar-refractivity contribution in [2.45, 2.75) is 44.1 Å². The number of aryl methyl sites for hydroxylation is 2. The van der Waals surface area contributed by atoms with Crippen LogP contribution in [0.3, 0.4) is 0 Å². The van der Waals surface area contributed by atoms with Crippen molar-refractivity contribution < 1.29 is 23.8 Å². The number of halogens is 1. The highest BCUT2D eigenvalue weighted by Crippen LogP contribution is 2.62. The molecule has 1 spiro atoms. The molecule has 0 saturated carbocycles. The first-order valence-electron chi connectivity index (χ1n) is 12.6. The standard InChI is InChI=1S/C29H22ClNO5/c30-23-25-16(9-10-22(32)34-25)14-21-27(23)35-26-18-7-4-12-31-11-3-5-15(24(18)31)13-20(26)29(21)19-8-2-1-6-17(19)28(33)36-29/h1-2,6,8,13-14H,3-5,7,9-12H2. The third kappa shape index (κ3) is 2.48. The first kappa shape index (κ1) is 20.7. The lowest BCUT2D eigenvalue weighted by Crippen LogP contribution is -2.38. The summed E-state index contributed by atoms with van der Waals surface area (Å²) >= 11 is 6.93. The number of hydrogen-bond acceptors (Lipinski definition) is 6. The third-order valence-corrected chi connectivity index (χ3v) is 8.62. The second-order valence-electron chi connectivity index (χ2n) is 10.2. The molecule has 0 radical (unpaired) electrons. The monoisotopic (exact) mass is 499 g/mol. The second-order valence-corrected chi connectivity index (χ2v) is 10.6. The molecule has 0 fully saturated rings. The molecule has 3 aromatic rings. The van der Waals surface area contributed by atoms with Crippen molar-refractivity contribution in [1.29, 1.82) is 0 Å². The van der Waals surface area contributed by atoms with E-state index in [-0.39, 0.29) is 23.4 Å². The summed E-state index contributed by atoms with van der Waals surface area (Å²) < 4.78 is 18.7. The van der Waals surface area contributed by atoms with E-state index in [1.165, 1.54) is 11.3 Å². The minimum atomic E-state index is -1.18. The average Bonchev–Trinajstić information content (AvgIpc) is 3.19. The lowest BCUT2D eigenvalue weighted by molar-refractivity contribution is -0.135. The van der Waals surface area contributed by atoms with Crippen LogP contribution >= 0.6 is 11.6 Å². The number of carbonyl (C=O) groups excluding carboxylic acids is 2. The fourth-order valence-electron chi connectivity index (χ4n) is 6.80. The lowest BCUT2D eigenvalue weighted by atomic mass is 9.74. The van der Waals surface area contributed by atoms with Crippen LogP contribution in [0.4, 0.5) is 5.69 Å². The lowest BCUT2D eigenvalue weighted by Gasteiger charge is -2.43. The van der Waals surface area contributed by atoms with E-state index in [1.54, 1.807) is 0 Å². The van der Waals surface area contributed by atoms with Gasteiger partial charge in [0, 0.05) is 41.0 Å². The normalized spacial score (nSPS) is 22.5. The zero-order chi connectivity index (χ0) is 24.2. The molecule has 0 aliphatic carbocycles. The van der Waals surface area contributed by atoms with Crippen molar-refractivity contribution in [2.24, 2.45) is 0 Å². The molecule has 0 bridgehead atoms. The summed E-state index contributed by atoms with van der Waals surface area (Å²) in [6.07, 6.45) is 4.75. The van der Waals surface area contributed by atoms with Crippen molar-refractivity contribution >= 4 is 29.2 Å². The van der Waals surface area contributed by atoms with Crippen molar-refractivity contribution in [2.75, 3.05) is 18.0 Å². The topological polar surface area (TPSA) is 65.1 Å². The highest BCUT2D eigenvalue weighted by Gasteiger charge is 2.55. The van der Waals surface area contributed by atoms with Gasteiger partial charge in [0.25, 0.3) is 0 Å². The smallest absolute Gasteiger partial charge is 0.340 e. The van der Waals surface area contributed by atoms with Crippen molar-refractivity contribution in [3.63, 3.8) is 0 Å². The zero-order valence-electron chi connectivity index (χ0n) is 19.5. The number of esters is 2. The molecule has 5 aliphatic heterocycles. The number of nitrogens with zero attached hydrogens (tertiary/aromatic N) is 1. The first-order valence-corrected chi connectivity index (χ1v) is 13.0. The summed E-state index contributed by atoms with van der Waals surface area (Å²) in [7, 11) is 0. The molecule has 0 N–H and O–H groups in total. The van der Waals surface area contributed by atoms with Gasteiger partial charge in [-0.15, -0.1) is 0 Å². The van der Waals surface area contributed by atoms with Gasteiger partial charge in [0.2, 0.25) is 0 Å². The minimum absolute atomic E-state index is 0.249. The number of carbonyl (C=O) groups is 2.